The second kappa shape index (κ2) is 6.53. The smallest absolute Gasteiger partial charge is 0.240 e. The highest BCUT2D eigenvalue weighted by molar-refractivity contribution is 6.30. The molecule has 2 aromatic rings. The zero-order chi connectivity index (χ0) is 17.3. The molecular weight excluding hydrogens is 328 g/mol. The molecule has 1 N–H and O–H groups in total. The van der Waals surface area contributed by atoms with Crippen LogP contribution in [0.25, 0.3) is 0 Å². The minimum atomic E-state index is -0.259. The summed E-state index contributed by atoms with van der Waals surface area (Å²) >= 11 is 5.92. The van der Waals surface area contributed by atoms with Gasteiger partial charge in [0, 0.05) is 18.4 Å². The van der Waals surface area contributed by atoms with Crippen molar-refractivity contribution in [2.24, 2.45) is 5.10 Å². The van der Waals surface area contributed by atoms with Gasteiger partial charge in [-0.05, 0) is 35.4 Å². The first-order valence-corrected chi connectivity index (χ1v) is 7.87. The monoisotopic (exact) mass is 344 g/mol. The summed E-state index contributed by atoms with van der Waals surface area (Å²) in [4.78, 5) is 12.0. The van der Waals surface area contributed by atoms with Crippen molar-refractivity contribution in [2.45, 2.75) is 19.4 Å². The normalized spacial score (nSPS) is 16.9. The third-order valence-corrected chi connectivity index (χ3v) is 4.25. The lowest BCUT2D eigenvalue weighted by Gasteiger charge is -2.21. The highest BCUT2D eigenvalue weighted by Crippen LogP contribution is 2.36. The van der Waals surface area contributed by atoms with Crippen LogP contribution in [0.5, 0.6) is 11.5 Å². The number of rotatable bonds is 3. The van der Waals surface area contributed by atoms with Crippen molar-refractivity contribution in [3.8, 4) is 11.5 Å². The summed E-state index contributed by atoms with van der Waals surface area (Å²) in [5, 5.41) is 16.6. The summed E-state index contributed by atoms with van der Waals surface area (Å²) < 4.78 is 5.07. The molecule has 0 aromatic heterocycles. The van der Waals surface area contributed by atoms with Crippen LogP contribution in [0.3, 0.4) is 0 Å². The molecule has 0 aliphatic carbocycles. The number of hydrogen-bond donors (Lipinski definition) is 1. The first kappa shape index (κ1) is 16.3. The minimum absolute atomic E-state index is 0.0402. The zero-order valence-corrected chi connectivity index (χ0v) is 14.1. The fraction of sp³-hybridized carbons (Fsp3) is 0.222. The number of aromatic hydroxyl groups is 1. The Morgan fingerprint density at radius 1 is 1.29 bits per heavy atom. The van der Waals surface area contributed by atoms with Gasteiger partial charge in [0.25, 0.3) is 0 Å². The maximum Gasteiger partial charge on any atom is 0.240 e. The van der Waals surface area contributed by atoms with Gasteiger partial charge in [-0.3, -0.25) is 4.79 Å². The number of phenolic OH excluding ortho intramolecular Hbond substituents is 1. The fourth-order valence-corrected chi connectivity index (χ4v) is 2.92. The Morgan fingerprint density at radius 3 is 2.58 bits per heavy atom. The number of methoxy groups -OCH3 is 1. The molecule has 3 rings (SSSR count). The summed E-state index contributed by atoms with van der Waals surface area (Å²) in [5.74, 6) is 0.280. The van der Waals surface area contributed by atoms with E-state index in [4.69, 9.17) is 16.3 Å². The molecule has 0 saturated heterocycles. The fourth-order valence-electron chi connectivity index (χ4n) is 2.79. The van der Waals surface area contributed by atoms with Crippen LogP contribution in [0.1, 0.15) is 30.5 Å². The van der Waals surface area contributed by atoms with Crippen LogP contribution >= 0.6 is 11.6 Å². The second-order valence-electron chi connectivity index (χ2n) is 5.57. The molecule has 1 unspecified atom stereocenters. The van der Waals surface area contributed by atoms with Gasteiger partial charge in [0.15, 0.2) is 11.5 Å². The number of amides is 1. The van der Waals surface area contributed by atoms with Crippen molar-refractivity contribution in [3.05, 3.63) is 58.6 Å². The summed E-state index contributed by atoms with van der Waals surface area (Å²) in [6.07, 6.45) is 0.562. The van der Waals surface area contributed by atoms with Crippen molar-refractivity contribution in [1.82, 2.24) is 5.01 Å². The van der Waals surface area contributed by atoms with E-state index in [0.717, 1.165) is 16.8 Å². The summed E-state index contributed by atoms with van der Waals surface area (Å²) in [6.45, 7) is 1.48. The first-order valence-electron chi connectivity index (χ1n) is 7.49. The number of ether oxygens (including phenoxy) is 1. The van der Waals surface area contributed by atoms with Crippen LogP contribution < -0.4 is 4.74 Å². The molecule has 1 atom stereocenters. The molecule has 1 heterocycles. The van der Waals surface area contributed by atoms with Crippen LogP contribution in [0.4, 0.5) is 0 Å². The Kier molecular flexibility index (Phi) is 4.44. The van der Waals surface area contributed by atoms with Crippen LogP contribution in [-0.2, 0) is 4.79 Å². The third kappa shape index (κ3) is 3.08. The van der Waals surface area contributed by atoms with Crippen molar-refractivity contribution >= 4 is 23.2 Å². The van der Waals surface area contributed by atoms with Crippen molar-refractivity contribution < 1.29 is 14.6 Å². The molecule has 0 radical (unpaired) electrons. The van der Waals surface area contributed by atoms with E-state index in [2.05, 4.69) is 5.10 Å². The molecule has 24 heavy (non-hydrogen) atoms. The lowest BCUT2D eigenvalue weighted by Crippen LogP contribution is -2.24. The lowest BCUT2D eigenvalue weighted by molar-refractivity contribution is -0.130. The number of benzene rings is 2. The molecule has 0 spiro atoms. The van der Waals surface area contributed by atoms with E-state index in [1.807, 2.05) is 18.2 Å². The number of hydrogen-bond acceptors (Lipinski definition) is 4. The second-order valence-corrected chi connectivity index (χ2v) is 6.00. The highest BCUT2D eigenvalue weighted by atomic mass is 35.5. The van der Waals surface area contributed by atoms with Gasteiger partial charge in [-0.1, -0.05) is 29.8 Å². The number of phenols is 1. The summed E-state index contributed by atoms with van der Waals surface area (Å²) in [6, 6.07) is 12.2. The number of halogens is 1. The maximum absolute atomic E-state index is 12.0. The quantitative estimate of drug-likeness (QED) is 0.922. The van der Waals surface area contributed by atoms with Crippen molar-refractivity contribution in [1.29, 1.82) is 0 Å². The highest BCUT2D eigenvalue weighted by Gasteiger charge is 2.31. The van der Waals surface area contributed by atoms with E-state index in [9.17, 15) is 9.90 Å². The molecule has 1 aliphatic heterocycles. The lowest BCUT2D eigenvalue weighted by atomic mass is 9.98. The van der Waals surface area contributed by atoms with Crippen LogP contribution in [-0.4, -0.2) is 28.8 Å². The summed E-state index contributed by atoms with van der Waals surface area (Å²) in [5.41, 5.74) is 2.53. The van der Waals surface area contributed by atoms with Gasteiger partial charge in [-0.2, -0.15) is 5.10 Å². The van der Waals surface area contributed by atoms with Gasteiger partial charge >= 0.3 is 0 Å². The molecule has 0 saturated carbocycles. The van der Waals surface area contributed by atoms with Crippen LogP contribution in [0.15, 0.2) is 47.6 Å². The van der Waals surface area contributed by atoms with E-state index in [-0.39, 0.29) is 17.7 Å². The molecular formula is C18H17ClN2O3. The van der Waals surface area contributed by atoms with Gasteiger partial charge < -0.3 is 9.84 Å². The maximum atomic E-state index is 12.0. The van der Waals surface area contributed by atoms with Gasteiger partial charge in [0.05, 0.1) is 18.9 Å². The Labute approximate surface area is 145 Å². The van der Waals surface area contributed by atoms with Crippen molar-refractivity contribution in [2.75, 3.05) is 7.11 Å². The Bertz CT molecular complexity index is 802. The molecule has 1 aliphatic rings. The largest absolute Gasteiger partial charge is 0.504 e. The van der Waals surface area contributed by atoms with E-state index >= 15 is 0 Å². The predicted molar refractivity (Wildman–Crippen MR) is 92.5 cm³/mol. The van der Waals surface area contributed by atoms with E-state index in [1.54, 1.807) is 24.3 Å². The van der Waals surface area contributed by atoms with Gasteiger partial charge in [-0.25, -0.2) is 5.01 Å². The Morgan fingerprint density at radius 2 is 2.00 bits per heavy atom. The SMILES string of the molecule is COc1ccc(C2CC(c3ccc(Cl)cc3)=NN2C(C)=O)cc1O. The first-order chi connectivity index (χ1) is 11.5. The van der Waals surface area contributed by atoms with Crippen molar-refractivity contribution in [3.63, 3.8) is 0 Å². The molecule has 0 fully saturated rings. The van der Waals surface area contributed by atoms with E-state index in [0.29, 0.717) is 17.2 Å². The van der Waals surface area contributed by atoms with Gasteiger partial charge in [0.1, 0.15) is 0 Å². The molecule has 124 valence electrons. The average Bonchev–Trinajstić information content (AvgIpc) is 3.01. The average molecular weight is 345 g/mol. The Hall–Kier alpha value is -2.53. The molecule has 2 aromatic carbocycles. The van der Waals surface area contributed by atoms with Crippen LogP contribution in [0.2, 0.25) is 5.02 Å². The van der Waals surface area contributed by atoms with Gasteiger partial charge in [-0.15, -0.1) is 0 Å². The van der Waals surface area contributed by atoms with E-state index in [1.165, 1.54) is 19.0 Å². The number of carbonyl (C=O) groups is 1. The molecule has 5 nitrogen and oxygen atoms in total. The summed E-state index contributed by atoms with van der Waals surface area (Å²) in [7, 11) is 1.49. The van der Waals surface area contributed by atoms with E-state index < -0.39 is 0 Å². The minimum Gasteiger partial charge on any atom is -0.504 e. The number of hydrazone groups is 1. The van der Waals surface area contributed by atoms with Crippen LogP contribution in [0, 0.1) is 0 Å². The molecule has 6 heteroatoms. The van der Waals surface area contributed by atoms with Gasteiger partial charge in [0.2, 0.25) is 5.91 Å². The predicted octanol–water partition coefficient (Wildman–Crippen LogP) is 3.75. The Balaban J connectivity index is 1.93. The number of nitrogens with zero attached hydrogens (tertiary/aromatic N) is 2. The molecule has 1 amide bonds. The topological polar surface area (TPSA) is 62.1 Å². The number of carbonyl (C=O) groups excluding carboxylic acids is 1. The third-order valence-electron chi connectivity index (χ3n) is 4.00. The standard InChI is InChI=1S/C18H17ClN2O3/c1-11(22)21-16(13-5-8-18(24-2)17(23)9-13)10-15(20-21)12-3-6-14(19)7-4-12/h3-9,16,23H,10H2,1-2H3. The molecule has 0 bridgehead atoms. The zero-order valence-electron chi connectivity index (χ0n) is 13.4.